The molecular weight excluding hydrogens is 473 g/mol. The van der Waals surface area contributed by atoms with Crippen LogP contribution in [0.15, 0.2) is 45.3 Å². The lowest BCUT2D eigenvalue weighted by Crippen LogP contribution is -2.41. The SMILES string of the molecule is CCOCCC1(CNC(=NCc2cccs2)NCCc2ccco2)CC1.I. The molecule has 0 spiro atoms. The van der Waals surface area contributed by atoms with Gasteiger partial charge in [-0.2, -0.15) is 0 Å². The topological polar surface area (TPSA) is 58.8 Å². The fourth-order valence-electron chi connectivity index (χ4n) is 2.89. The normalized spacial score (nSPS) is 15.2. The van der Waals surface area contributed by atoms with Crippen LogP contribution in [-0.2, 0) is 17.7 Å². The standard InChI is InChI=1S/C20H29N3O2S.HI/c1-2-24-13-10-20(8-9-20)16-23-19(22-15-18-6-4-14-26-18)21-11-7-17-5-3-12-25-17;/h3-6,12,14H,2,7-11,13,15-16H2,1H3,(H2,21,22,23);1H. The van der Waals surface area contributed by atoms with E-state index in [9.17, 15) is 0 Å². The smallest absolute Gasteiger partial charge is 0.191 e. The second-order valence-corrected chi connectivity index (χ2v) is 7.83. The lowest BCUT2D eigenvalue weighted by atomic mass is 10.0. The van der Waals surface area contributed by atoms with Gasteiger partial charge in [0, 0.05) is 37.6 Å². The van der Waals surface area contributed by atoms with Crippen LogP contribution < -0.4 is 10.6 Å². The number of nitrogens with zero attached hydrogens (tertiary/aromatic N) is 1. The van der Waals surface area contributed by atoms with Gasteiger partial charge in [-0.3, -0.25) is 0 Å². The monoisotopic (exact) mass is 503 g/mol. The molecule has 0 bridgehead atoms. The van der Waals surface area contributed by atoms with Crippen molar-refractivity contribution in [3.63, 3.8) is 0 Å². The van der Waals surface area contributed by atoms with Gasteiger partial charge >= 0.3 is 0 Å². The van der Waals surface area contributed by atoms with Crippen LogP contribution in [0.4, 0.5) is 0 Å². The summed E-state index contributed by atoms with van der Waals surface area (Å²) in [7, 11) is 0. The molecule has 2 N–H and O–H groups in total. The summed E-state index contributed by atoms with van der Waals surface area (Å²) >= 11 is 1.74. The number of thiophene rings is 1. The molecule has 5 nitrogen and oxygen atoms in total. The van der Waals surface area contributed by atoms with Crippen molar-refractivity contribution in [1.82, 2.24) is 10.6 Å². The quantitative estimate of drug-likeness (QED) is 0.206. The molecule has 0 amide bonds. The minimum Gasteiger partial charge on any atom is -0.469 e. The maximum absolute atomic E-state index is 5.54. The van der Waals surface area contributed by atoms with E-state index in [1.807, 2.05) is 12.1 Å². The molecule has 27 heavy (non-hydrogen) atoms. The molecule has 150 valence electrons. The maximum Gasteiger partial charge on any atom is 0.191 e. The van der Waals surface area contributed by atoms with Gasteiger partial charge in [0.05, 0.1) is 12.8 Å². The molecule has 0 aromatic carbocycles. The van der Waals surface area contributed by atoms with Crippen LogP contribution in [0.25, 0.3) is 0 Å². The molecule has 1 aliphatic carbocycles. The summed E-state index contributed by atoms with van der Waals surface area (Å²) in [4.78, 5) is 6.03. The Morgan fingerprint density at radius 1 is 1.30 bits per heavy atom. The van der Waals surface area contributed by atoms with Gasteiger partial charge in [0.1, 0.15) is 5.76 Å². The molecule has 2 aromatic rings. The van der Waals surface area contributed by atoms with Gasteiger partial charge in [-0.15, -0.1) is 35.3 Å². The Bertz CT molecular complexity index is 655. The predicted octanol–water partition coefficient (Wildman–Crippen LogP) is 4.44. The number of aliphatic imine (C=N–C) groups is 1. The molecule has 2 heterocycles. The summed E-state index contributed by atoms with van der Waals surface area (Å²) in [5, 5.41) is 9.08. The summed E-state index contributed by atoms with van der Waals surface area (Å²) in [6, 6.07) is 8.12. The van der Waals surface area contributed by atoms with E-state index in [1.54, 1.807) is 17.6 Å². The van der Waals surface area contributed by atoms with Gasteiger partial charge in [0.15, 0.2) is 5.96 Å². The zero-order chi connectivity index (χ0) is 18.1. The second-order valence-electron chi connectivity index (χ2n) is 6.80. The van der Waals surface area contributed by atoms with E-state index in [-0.39, 0.29) is 24.0 Å². The van der Waals surface area contributed by atoms with Crippen LogP contribution in [0.1, 0.15) is 36.8 Å². The zero-order valence-corrected chi connectivity index (χ0v) is 19.1. The predicted molar refractivity (Wildman–Crippen MR) is 122 cm³/mol. The van der Waals surface area contributed by atoms with Crippen molar-refractivity contribution >= 4 is 41.3 Å². The number of furan rings is 1. The molecule has 7 heteroatoms. The third kappa shape index (κ3) is 7.83. The Labute approximate surface area is 183 Å². The Balaban J connectivity index is 0.00000261. The van der Waals surface area contributed by atoms with Crippen molar-refractivity contribution < 1.29 is 9.15 Å². The number of rotatable bonds is 11. The highest BCUT2D eigenvalue weighted by Crippen LogP contribution is 2.48. The van der Waals surface area contributed by atoms with Crippen molar-refractivity contribution in [2.24, 2.45) is 10.4 Å². The summed E-state index contributed by atoms with van der Waals surface area (Å²) in [6.45, 7) is 6.17. The number of nitrogens with one attached hydrogen (secondary N) is 2. The second kappa shape index (κ2) is 11.7. The lowest BCUT2D eigenvalue weighted by molar-refractivity contribution is 0.128. The molecule has 0 aliphatic heterocycles. The molecule has 2 aromatic heterocycles. The third-order valence-corrected chi connectivity index (χ3v) is 5.65. The van der Waals surface area contributed by atoms with Crippen molar-refractivity contribution in [3.8, 4) is 0 Å². The zero-order valence-electron chi connectivity index (χ0n) is 15.9. The van der Waals surface area contributed by atoms with E-state index in [0.717, 1.165) is 50.9 Å². The van der Waals surface area contributed by atoms with Gasteiger partial charge in [-0.05, 0) is 55.2 Å². The minimum atomic E-state index is 0. The highest BCUT2D eigenvalue weighted by Gasteiger charge is 2.41. The molecule has 1 aliphatic rings. The first-order valence-electron chi connectivity index (χ1n) is 9.44. The Morgan fingerprint density at radius 2 is 2.19 bits per heavy atom. The summed E-state index contributed by atoms with van der Waals surface area (Å²) in [5.74, 6) is 1.87. The van der Waals surface area contributed by atoms with Gasteiger partial charge in [0.2, 0.25) is 0 Å². The minimum absolute atomic E-state index is 0. The Hall–Kier alpha value is -1.06. The fraction of sp³-hybridized carbons (Fsp3) is 0.550. The van der Waals surface area contributed by atoms with E-state index in [0.29, 0.717) is 12.0 Å². The Morgan fingerprint density at radius 3 is 2.85 bits per heavy atom. The highest BCUT2D eigenvalue weighted by molar-refractivity contribution is 14.0. The van der Waals surface area contributed by atoms with Crippen LogP contribution in [-0.4, -0.2) is 32.3 Å². The van der Waals surface area contributed by atoms with Crippen LogP contribution in [0.3, 0.4) is 0 Å². The Kier molecular flexibility index (Phi) is 9.64. The number of halogens is 1. The largest absolute Gasteiger partial charge is 0.469 e. The summed E-state index contributed by atoms with van der Waals surface area (Å²) in [6.07, 6.45) is 6.24. The molecule has 0 unspecified atom stereocenters. The summed E-state index contributed by atoms with van der Waals surface area (Å²) in [5.41, 5.74) is 0.390. The number of hydrogen-bond acceptors (Lipinski definition) is 4. The van der Waals surface area contributed by atoms with Gasteiger partial charge in [0.25, 0.3) is 0 Å². The number of ether oxygens (including phenoxy) is 1. The van der Waals surface area contributed by atoms with Crippen LogP contribution >= 0.6 is 35.3 Å². The summed E-state index contributed by atoms with van der Waals surface area (Å²) < 4.78 is 10.9. The number of guanidine groups is 1. The first-order chi connectivity index (χ1) is 12.8. The van der Waals surface area contributed by atoms with Gasteiger partial charge in [-0.1, -0.05) is 6.07 Å². The van der Waals surface area contributed by atoms with Crippen LogP contribution in [0, 0.1) is 5.41 Å². The van der Waals surface area contributed by atoms with E-state index in [2.05, 4.69) is 35.1 Å². The fourth-order valence-corrected chi connectivity index (χ4v) is 3.52. The average Bonchev–Trinajstić information content (AvgIpc) is 3.06. The number of hydrogen-bond donors (Lipinski definition) is 2. The molecule has 0 saturated heterocycles. The molecule has 3 rings (SSSR count). The average molecular weight is 503 g/mol. The van der Waals surface area contributed by atoms with Crippen molar-refractivity contribution in [1.29, 1.82) is 0 Å². The highest BCUT2D eigenvalue weighted by atomic mass is 127. The first kappa shape index (κ1) is 22.2. The van der Waals surface area contributed by atoms with E-state index >= 15 is 0 Å². The van der Waals surface area contributed by atoms with Crippen LogP contribution in [0.5, 0.6) is 0 Å². The van der Waals surface area contributed by atoms with Crippen LogP contribution in [0.2, 0.25) is 0 Å². The van der Waals surface area contributed by atoms with Gasteiger partial charge in [-0.25, -0.2) is 4.99 Å². The van der Waals surface area contributed by atoms with Gasteiger partial charge < -0.3 is 19.8 Å². The van der Waals surface area contributed by atoms with Crippen molar-refractivity contribution in [3.05, 3.63) is 46.5 Å². The van der Waals surface area contributed by atoms with E-state index in [1.165, 1.54) is 17.7 Å². The molecule has 1 saturated carbocycles. The molecular formula is C20H30IN3O2S. The van der Waals surface area contributed by atoms with E-state index in [4.69, 9.17) is 14.1 Å². The molecule has 0 radical (unpaired) electrons. The molecule has 0 atom stereocenters. The lowest BCUT2D eigenvalue weighted by Gasteiger charge is -2.18. The third-order valence-electron chi connectivity index (χ3n) is 4.79. The maximum atomic E-state index is 5.54. The van der Waals surface area contributed by atoms with Crippen molar-refractivity contribution in [2.75, 3.05) is 26.3 Å². The van der Waals surface area contributed by atoms with Crippen molar-refractivity contribution in [2.45, 2.75) is 39.2 Å². The molecule has 1 fully saturated rings. The van der Waals surface area contributed by atoms with E-state index < -0.39 is 0 Å². The first-order valence-corrected chi connectivity index (χ1v) is 10.3.